The summed E-state index contributed by atoms with van der Waals surface area (Å²) in [5, 5.41) is 9.92. The topological polar surface area (TPSA) is 55.0 Å². The van der Waals surface area contributed by atoms with Crippen molar-refractivity contribution < 1.29 is 0 Å². The van der Waals surface area contributed by atoms with E-state index in [0.717, 1.165) is 21.8 Å². The first kappa shape index (κ1) is 16.0. The average molecular weight is 315 g/mol. The highest BCUT2D eigenvalue weighted by atomic mass is 32.2. The summed E-state index contributed by atoms with van der Waals surface area (Å²) in [5.74, 6) is 0.751. The van der Waals surface area contributed by atoms with Crippen molar-refractivity contribution in [1.82, 2.24) is 10.2 Å². The second-order valence-electron chi connectivity index (χ2n) is 6.94. The minimum atomic E-state index is 0.283. The number of aromatic nitrogens is 2. The van der Waals surface area contributed by atoms with E-state index in [-0.39, 0.29) is 6.04 Å². The van der Waals surface area contributed by atoms with Crippen LogP contribution in [0, 0.1) is 11.3 Å². The zero-order valence-electron chi connectivity index (χ0n) is 13.1. The SMILES string of the molecule is CN(C)c1nnc(SC2CC(C(C)(C)C)CCC2N)s1. The van der Waals surface area contributed by atoms with Crippen LogP contribution in [0.15, 0.2) is 4.34 Å². The maximum absolute atomic E-state index is 6.32. The first-order chi connectivity index (χ1) is 9.27. The van der Waals surface area contributed by atoms with Crippen LogP contribution in [0.4, 0.5) is 5.13 Å². The van der Waals surface area contributed by atoms with Crippen LogP contribution in [-0.2, 0) is 0 Å². The predicted molar refractivity (Wildman–Crippen MR) is 88.7 cm³/mol. The lowest BCUT2D eigenvalue weighted by molar-refractivity contribution is 0.174. The third kappa shape index (κ3) is 3.86. The number of hydrogen-bond acceptors (Lipinski definition) is 6. The third-order valence-electron chi connectivity index (χ3n) is 4.10. The molecule has 0 spiro atoms. The minimum Gasteiger partial charge on any atom is -0.353 e. The Morgan fingerprint density at radius 2 is 1.95 bits per heavy atom. The van der Waals surface area contributed by atoms with Crippen molar-refractivity contribution in [2.45, 2.75) is 55.7 Å². The van der Waals surface area contributed by atoms with Crippen molar-refractivity contribution in [1.29, 1.82) is 0 Å². The van der Waals surface area contributed by atoms with E-state index in [4.69, 9.17) is 5.73 Å². The van der Waals surface area contributed by atoms with E-state index in [1.54, 1.807) is 11.3 Å². The van der Waals surface area contributed by atoms with Gasteiger partial charge in [-0.3, -0.25) is 0 Å². The molecule has 1 aliphatic rings. The Morgan fingerprint density at radius 1 is 1.25 bits per heavy atom. The van der Waals surface area contributed by atoms with Gasteiger partial charge in [0, 0.05) is 25.4 Å². The molecule has 0 aliphatic heterocycles. The second kappa shape index (κ2) is 6.20. The molecule has 1 heterocycles. The van der Waals surface area contributed by atoms with Crippen LogP contribution in [0.2, 0.25) is 0 Å². The molecule has 1 fully saturated rings. The molecule has 1 saturated carbocycles. The van der Waals surface area contributed by atoms with E-state index >= 15 is 0 Å². The minimum absolute atomic E-state index is 0.283. The van der Waals surface area contributed by atoms with Crippen molar-refractivity contribution in [3.63, 3.8) is 0 Å². The number of rotatable bonds is 3. The quantitative estimate of drug-likeness (QED) is 0.928. The van der Waals surface area contributed by atoms with Gasteiger partial charge in [-0.05, 0) is 30.6 Å². The van der Waals surface area contributed by atoms with Gasteiger partial charge in [-0.1, -0.05) is 43.9 Å². The molecule has 1 aliphatic carbocycles. The Hall–Kier alpha value is -0.330. The van der Waals surface area contributed by atoms with Crippen LogP contribution in [0.3, 0.4) is 0 Å². The zero-order valence-corrected chi connectivity index (χ0v) is 14.7. The molecular formula is C14H26N4S2. The van der Waals surface area contributed by atoms with Gasteiger partial charge in [0.05, 0.1) is 0 Å². The lowest BCUT2D eigenvalue weighted by Gasteiger charge is -2.40. The molecule has 2 rings (SSSR count). The fourth-order valence-corrected chi connectivity index (χ4v) is 4.91. The van der Waals surface area contributed by atoms with E-state index in [1.807, 2.05) is 30.8 Å². The number of anilines is 1. The van der Waals surface area contributed by atoms with Gasteiger partial charge in [-0.25, -0.2) is 0 Å². The van der Waals surface area contributed by atoms with Crippen LogP contribution in [0.5, 0.6) is 0 Å². The van der Waals surface area contributed by atoms with Crippen LogP contribution in [0.25, 0.3) is 0 Å². The largest absolute Gasteiger partial charge is 0.353 e. The Kier molecular flexibility index (Phi) is 4.97. The number of nitrogens with two attached hydrogens (primary N) is 1. The average Bonchev–Trinajstić information content (AvgIpc) is 2.79. The molecule has 0 amide bonds. The van der Waals surface area contributed by atoms with E-state index in [0.29, 0.717) is 10.7 Å². The molecule has 0 radical (unpaired) electrons. The van der Waals surface area contributed by atoms with Gasteiger partial charge in [-0.2, -0.15) is 0 Å². The Labute approximate surface area is 130 Å². The molecule has 3 atom stereocenters. The number of thioether (sulfide) groups is 1. The summed E-state index contributed by atoms with van der Waals surface area (Å²) in [4.78, 5) is 2.00. The molecule has 3 unspecified atom stereocenters. The molecule has 1 aromatic heterocycles. The van der Waals surface area contributed by atoms with Crippen LogP contribution >= 0.6 is 23.1 Å². The van der Waals surface area contributed by atoms with E-state index < -0.39 is 0 Å². The molecule has 0 bridgehead atoms. The van der Waals surface area contributed by atoms with Crippen LogP contribution in [0.1, 0.15) is 40.0 Å². The molecule has 114 valence electrons. The van der Waals surface area contributed by atoms with Gasteiger partial charge in [-0.15, -0.1) is 10.2 Å². The summed E-state index contributed by atoms with van der Waals surface area (Å²) >= 11 is 3.48. The van der Waals surface area contributed by atoms with Gasteiger partial charge < -0.3 is 10.6 Å². The molecule has 1 aromatic rings. The number of hydrogen-bond donors (Lipinski definition) is 1. The van der Waals surface area contributed by atoms with Gasteiger partial charge >= 0.3 is 0 Å². The third-order valence-corrected chi connectivity index (χ3v) is 6.65. The zero-order chi connectivity index (χ0) is 14.9. The fraction of sp³-hybridized carbons (Fsp3) is 0.857. The normalized spacial score (nSPS) is 27.6. The maximum Gasteiger partial charge on any atom is 0.208 e. The summed E-state index contributed by atoms with van der Waals surface area (Å²) in [6.07, 6.45) is 3.56. The maximum atomic E-state index is 6.32. The highest BCUT2D eigenvalue weighted by Crippen LogP contribution is 2.43. The summed E-state index contributed by atoms with van der Waals surface area (Å²) < 4.78 is 1.05. The molecule has 4 nitrogen and oxygen atoms in total. The lowest BCUT2D eigenvalue weighted by Crippen LogP contribution is -2.41. The monoisotopic (exact) mass is 314 g/mol. The van der Waals surface area contributed by atoms with Gasteiger partial charge in [0.15, 0.2) is 4.34 Å². The second-order valence-corrected chi connectivity index (χ2v) is 9.38. The van der Waals surface area contributed by atoms with E-state index in [2.05, 4.69) is 31.0 Å². The Morgan fingerprint density at radius 3 is 2.50 bits per heavy atom. The Bertz CT molecular complexity index is 439. The van der Waals surface area contributed by atoms with Crippen molar-refractivity contribution in [3.8, 4) is 0 Å². The molecule has 0 saturated heterocycles. The molecule has 2 N–H and O–H groups in total. The van der Waals surface area contributed by atoms with Crippen molar-refractivity contribution in [3.05, 3.63) is 0 Å². The number of nitrogens with zero attached hydrogens (tertiary/aromatic N) is 3. The molecular weight excluding hydrogens is 288 g/mol. The van der Waals surface area contributed by atoms with Crippen molar-refractivity contribution in [2.24, 2.45) is 17.1 Å². The summed E-state index contributed by atoms with van der Waals surface area (Å²) in [5.41, 5.74) is 6.69. The van der Waals surface area contributed by atoms with Crippen LogP contribution in [-0.4, -0.2) is 35.6 Å². The lowest BCUT2D eigenvalue weighted by atomic mass is 9.71. The molecule has 0 aromatic carbocycles. The summed E-state index contributed by atoms with van der Waals surface area (Å²) in [6, 6.07) is 0.283. The fourth-order valence-electron chi connectivity index (χ4n) is 2.64. The Balaban J connectivity index is 2.02. The van der Waals surface area contributed by atoms with Gasteiger partial charge in [0.2, 0.25) is 5.13 Å². The van der Waals surface area contributed by atoms with Crippen molar-refractivity contribution >= 4 is 28.2 Å². The molecule has 6 heteroatoms. The van der Waals surface area contributed by atoms with E-state index in [9.17, 15) is 0 Å². The summed E-state index contributed by atoms with van der Waals surface area (Å²) in [7, 11) is 3.99. The van der Waals surface area contributed by atoms with E-state index in [1.165, 1.54) is 12.8 Å². The highest BCUT2D eigenvalue weighted by molar-refractivity contribution is 8.01. The standard InChI is InChI=1S/C14H26N4S2/c1-14(2,3)9-6-7-10(15)11(8-9)19-13-17-16-12(20-13)18(4)5/h9-11H,6-8,15H2,1-5H3. The highest BCUT2D eigenvalue weighted by Gasteiger charge is 2.35. The predicted octanol–water partition coefficient (Wildman–Crippen LogP) is 3.24. The molecule has 20 heavy (non-hydrogen) atoms. The van der Waals surface area contributed by atoms with Crippen LogP contribution < -0.4 is 10.6 Å². The summed E-state index contributed by atoms with van der Waals surface area (Å²) in [6.45, 7) is 7.02. The van der Waals surface area contributed by atoms with Crippen molar-refractivity contribution in [2.75, 3.05) is 19.0 Å². The van der Waals surface area contributed by atoms with Gasteiger partial charge in [0.1, 0.15) is 0 Å². The first-order valence-electron chi connectivity index (χ1n) is 7.20. The smallest absolute Gasteiger partial charge is 0.208 e. The van der Waals surface area contributed by atoms with Gasteiger partial charge in [0.25, 0.3) is 0 Å². The first-order valence-corrected chi connectivity index (χ1v) is 8.90.